The van der Waals surface area contributed by atoms with E-state index in [9.17, 15) is 14.4 Å². The summed E-state index contributed by atoms with van der Waals surface area (Å²) >= 11 is 1.61. The van der Waals surface area contributed by atoms with Gasteiger partial charge in [-0.3, -0.25) is 14.2 Å². The van der Waals surface area contributed by atoms with Gasteiger partial charge in [0.25, 0.3) is 5.56 Å². The molecule has 2 atom stereocenters. The number of thiophene rings is 1. The highest BCUT2D eigenvalue weighted by atomic mass is 32.1. The molecule has 0 saturated carbocycles. The molecule has 1 aliphatic rings. The molecule has 0 radical (unpaired) electrons. The number of esters is 1. The van der Waals surface area contributed by atoms with Crippen LogP contribution in [0.25, 0.3) is 10.2 Å². The number of fused-ring (bicyclic) bond motifs is 3. The molecule has 8 heteroatoms. The van der Waals surface area contributed by atoms with Gasteiger partial charge in [-0.15, -0.1) is 11.3 Å². The number of nitrogens with one attached hydrogen (secondary N) is 1. The minimum Gasteiger partial charge on any atom is -0.462 e. The standard InChI is InChI=1S/C26H31N3O4S/c1-6-33-25(32)16-7-10-18(11-8-16)28-22(30)15(2)29-14-27-23-21(24(29)31)19-12-9-17(26(3,4)5)13-20(19)34-23/h7-8,10-11,14-15,17H,6,9,12-13H2,1-5H3,(H,28,30). The predicted molar refractivity (Wildman–Crippen MR) is 135 cm³/mol. The SMILES string of the molecule is CCOC(=O)c1ccc(NC(=O)C(C)n2cnc3sc4c(c3c2=O)CCC(C(C)(C)C)C4)cc1. The number of carbonyl (C=O) groups is 2. The molecule has 2 unspecified atom stereocenters. The van der Waals surface area contributed by atoms with Crippen molar-refractivity contribution in [1.82, 2.24) is 9.55 Å². The summed E-state index contributed by atoms with van der Waals surface area (Å²) in [6, 6.07) is 5.74. The Kier molecular flexibility index (Phi) is 6.62. The van der Waals surface area contributed by atoms with E-state index >= 15 is 0 Å². The van der Waals surface area contributed by atoms with Crippen LogP contribution < -0.4 is 10.9 Å². The van der Waals surface area contributed by atoms with E-state index in [0.717, 1.165) is 29.7 Å². The number of benzene rings is 1. The van der Waals surface area contributed by atoms with Gasteiger partial charge < -0.3 is 10.1 Å². The van der Waals surface area contributed by atoms with E-state index in [2.05, 4.69) is 31.1 Å². The van der Waals surface area contributed by atoms with Crippen LogP contribution in [0.3, 0.4) is 0 Å². The van der Waals surface area contributed by atoms with Gasteiger partial charge in [-0.25, -0.2) is 9.78 Å². The topological polar surface area (TPSA) is 90.3 Å². The number of hydrogen-bond donors (Lipinski definition) is 1. The van der Waals surface area contributed by atoms with E-state index in [1.54, 1.807) is 49.4 Å². The van der Waals surface area contributed by atoms with Crippen molar-refractivity contribution in [3.8, 4) is 0 Å². The Balaban J connectivity index is 1.55. The van der Waals surface area contributed by atoms with Gasteiger partial charge in [0, 0.05) is 10.6 Å². The van der Waals surface area contributed by atoms with E-state index < -0.39 is 12.0 Å². The number of ether oxygens (including phenoxy) is 1. The van der Waals surface area contributed by atoms with Crippen molar-refractivity contribution in [2.75, 3.05) is 11.9 Å². The normalized spacial score (nSPS) is 16.7. The van der Waals surface area contributed by atoms with Gasteiger partial charge >= 0.3 is 5.97 Å². The van der Waals surface area contributed by atoms with E-state index in [1.165, 1.54) is 15.8 Å². The number of anilines is 1. The molecule has 34 heavy (non-hydrogen) atoms. The van der Waals surface area contributed by atoms with Crippen LogP contribution in [0.15, 0.2) is 35.4 Å². The van der Waals surface area contributed by atoms with Crippen LogP contribution in [0.4, 0.5) is 5.69 Å². The molecule has 180 valence electrons. The first-order chi connectivity index (χ1) is 16.1. The summed E-state index contributed by atoms with van der Waals surface area (Å²) in [4.78, 5) is 44.7. The molecule has 2 heterocycles. The molecule has 2 aromatic heterocycles. The summed E-state index contributed by atoms with van der Waals surface area (Å²) in [7, 11) is 0. The fraction of sp³-hybridized carbons (Fsp3) is 0.462. The Labute approximate surface area is 203 Å². The van der Waals surface area contributed by atoms with Crippen LogP contribution in [-0.2, 0) is 22.4 Å². The maximum absolute atomic E-state index is 13.4. The lowest BCUT2D eigenvalue weighted by Crippen LogP contribution is -2.32. The number of aromatic nitrogens is 2. The number of rotatable bonds is 5. The second-order valence-corrected chi connectivity index (χ2v) is 11.0. The zero-order chi connectivity index (χ0) is 24.6. The molecule has 7 nitrogen and oxygen atoms in total. The fourth-order valence-corrected chi connectivity index (χ4v) is 5.73. The average molecular weight is 482 g/mol. The lowest BCUT2D eigenvalue weighted by Gasteiger charge is -2.33. The quantitative estimate of drug-likeness (QED) is 0.519. The Morgan fingerprint density at radius 2 is 1.97 bits per heavy atom. The largest absolute Gasteiger partial charge is 0.462 e. The molecule has 1 aliphatic carbocycles. The summed E-state index contributed by atoms with van der Waals surface area (Å²) in [5.74, 6) is -0.160. The van der Waals surface area contributed by atoms with Crippen molar-refractivity contribution in [3.63, 3.8) is 0 Å². The minimum atomic E-state index is -0.740. The maximum Gasteiger partial charge on any atom is 0.338 e. The van der Waals surface area contributed by atoms with Crippen molar-refractivity contribution >= 4 is 39.1 Å². The van der Waals surface area contributed by atoms with Gasteiger partial charge in [0.15, 0.2) is 0 Å². The van der Waals surface area contributed by atoms with E-state index in [0.29, 0.717) is 29.2 Å². The minimum absolute atomic E-state index is 0.169. The number of aryl methyl sites for hydroxylation is 1. The highest BCUT2D eigenvalue weighted by Gasteiger charge is 2.32. The molecule has 3 aromatic rings. The zero-order valence-electron chi connectivity index (χ0n) is 20.3. The number of carbonyl (C=O) groups excluding carboxylic acids is 2. The van der Waals surface area contributed by atoms with E-state index in [4.69, 9.17) is 4.74 Å². The number of nitrogens with zero attached hydrogens (tertiary/aromatic N) is 2. The van der Waals surface area contributed by atoms with Crippen LogP contribution in [-0.4, -0.2) is 28.0 Å². The second-order valence-electron chi connectivity index (χ2n) is 9.91. The van der Waals surface area contributed by atoms with E-state index in [1.807, 2.05) is 0 Å². The first-order valence-electron chi connectivity index (χ1n) is 11.7. The average Bonchev–Trinajstić information content (AvgIpc) is 3.17. The van der Waals surface area contributed by atoms with Crippen molar-refractivity contribution < 1.29 is 14.3 Å². The summed E-state index contributed by atoms with van der Waals surface area (Å²) in [6.07, 6.45) is 4.36. The first-order valence-corrected chi connectivity index (χ1v) is 12.5. The predicted octanol–water partition coefficient (Wildman–Crippen LogP) is 4.99. The van der Waals surface area contributed by atoms with Gasteiger partial charge in [-0.1, -0.05) is 20.8 Å². The molecule has 0 fully saturated rings. The monoisotopic (exact) mass is 481 g/mol. The van der Waals surface area contributed by atoms with Crippen LogP contribution in [0.2, 0.25) is 0 Å². The van der Waals surface area contributed by atoms with Gasteiger partial charge in [0.1, 0.15) is 10.9 Å². The Morgan fingerprint density at radius 3 is 2.62 bits per heavy atom. The summed E-state index contributed by atoms with van der Waals surface area (Å²) < 4.78 is 6.39. The van der Waals surface area contributed by atoms with Gasteiger partial charge in [0.2, 0.25) is 5.91 Å². The summed E-state index contributed by atoms with van der Waals surface area (Å²) in [6.45, 7) is 10.5. The second kappa shape index (κ2) is 9.33. The summed E-state index contributed by atoms with van der Waals surface area (Å²) in [5, 5.41) is 3.48. The molecule has 0 saturated heterocycles. The van der Waals surface area contributed by atoms with Crippen molar-refractivity contribution in [3.05, 3.63) is 57.0 Å². The molecular weight excluding hydrogens is 450 g/mol. The molecule has 0 spiro atoms. The lowest BCUT2D eigenvalue weighted by molar-refractivity contribution is -0.118. The van der Waals surface area contributed by atoms with Crippen LogP contribution in [0.5, 0.6) is 0 Å². The van der Waals surface area contributed by atoms with E-state index in [-0.39, 0.29) is 16.9 Å². The Bertz CT molecular complexity index is 1280. The molecule has 4 rings (SSSR count). The third-order valence-corrected chi connectivity index (χ3v) is 7.84. The van der Waals surface area contributed by atoms with Crippen molar-refractivity contribution in [1.29, 1.82) is 0 Å². The third kappa shape index (κ3) is 4.64. The van der Waals surface area contributed by atoms with Crippen LogP contribution in [0.1, 0.15) is 67.9 Å². The Hall–Kier alpha value is -3.00. The van der Waals surface area contributed by atoms with Gasteiger partial charge in [-0.05, 0) is 74.3 Å². The maximum atomic E-state index is 13.4. The highest BCUT2D eigenvalue weighted by Crippen LogP contribution is 2.42. The molecule has 0 bridgehead atoms. The van der Waals surface area contributed by atoms with Crippen LogP contribution >= 0.6 is 11.3 Å². The zero-order valence-corrected chi connectivity index (χ0v) is 21.1. The fourth-order valence-electron chi connectivity index (χ4n) is 4.47. The van der Waals surface area contributed by atoms with Gasteiger partial charge in [0.05, 0.1) is 23.9 Å². The first kappa shape index (κ1) is 24.1. The van der Waals surface area contributed by atoms with Crippen molar-refractivity contribution in [2.24, 2.45) is 11.3 Å². The molecule has 1 N–H and O–H groups in total. The van der Waals surface area contributed by atoms with Gasteiger partial charge in [-0.2, -0.15) is 0 Å². The van der Waals surface area contributed by atoms with Crippen molar-refractivity contribution in [2.45, 2.75) is 59.9 Å². The van der Waals surface area contributed by atoms with Crippen LogP contribution in [0, 0.1) is 11.3 Å². The summed E-state index contributed by atoms with van der Waals surface area (Å²) in [5.41, 5.74) is 2.11. The molecule has 1 amide bonds. The Morgan fingerprint density at radius 1 is 1.26 bits per heavy atom. The number of hydrogen-bond acceptors (Lipinski definition) is 6. The smallest absolute Gasteiger partial charge is 0.338 e. The molecule has 1 aromatic carbocycles. The molecular formula is C26H31N3O4S. The highest BCUT2D eigenvalue weighted by molar-refractivity contribution is 7.18. The third-order valence-electron chi connectivity index (χ3n) is 6.68. The molecule has 0 aliphatic heterocycles. The lowest BCUT2D eigenvalue weighted by atomic mass is 9.72. The number of amides is 1.